The third kappa shape index (κ3) is 1.99. The Kier molecular flexibility index (Phi) is 2.70. The Labute approximate surface area is 104 Å². The van der Waals surface area contributed by atoms with Crippen LogP contribution >= 0.6 is 22.6 Å². The second-order valence-electron chi connectivity index (χ2n) is 3.80. The van der Waals surface area contributed by atoms with E-state index in [1.165, 1.54) is 21.7 Å². The zero-order valence-electron chi connectivity index (χ0n) is 8.62. The number of nitrogens with zero attached hydrogens (tertiary/aromatic N) is 1. The molecule has 0 radical (unpaired) electrons. The molecule has 1 aliphatic rings. The highest BCUT2D eigenvalue weighted by Crippen LogP contribution is 2.32. The standard InChI is InChI=1S/C10H12INO2S/c1-12(15(2,13)14)10-6-8-4-3-7(8)5-9(10)11/h5-6H,3-4H2,1-2H3. The molecule has 1 aliphatic carbocycles. The van der Waals surface area contributed by atoms with E-state index in [1.54, 1.807) is 7.05 Å². The topological polar surface area (TPSA) is 37.4 Å². The summed E-state index contributed by atoms with van der Waals surface area (Å²) in [5.74, 6) is 0. The Hall–Kier alpha value is -0.300. The Balaban J connectivity index is 2.49. The molecule has 0 atom stereocenters. The van der Waals surface area contributed by atoms with E-state index in [1.807, 2.05) is 6.07 Å². The number of halogens is 1. The highest BCUT2D eigenvalue weighted by Gasteiger charge is 2.20. The molecular formula is C10H12INO2S. The summed E-state index contributed by atoms with van der Waals surface area (Å²) in [6.07, 6.45) is 3.41. The van der Waals surface area contributed by atoms with Gasteiger partial charge in [0.05, 0.1) is 11.9 Å². The SMILES string of the molecule is CN(c1cc2c(cc1I)CC2)S(C)(=O)=O. The van der Waals surface area contributed by atoms with E-state index < -0.39 is 10.0 Å². The molecule has 2 rings (SSSR count). The third-order valence-electron chi connectivity index (χ3n) is 2.77. The molecule has 0 aromatic heterocycles. The van der Waals surface area contributed by atoms with Crippen molar-refractivity contribution in [2.24, 2.45) is 0 Å². The Morgan fingerprint density at radius 2 is 1.80 bits per heavy atom. The molecule has 0 unspecified atom stereocenters. The van der Waals surface area contributed by atoms with Crippen LogP contribution in [0.25, 0.3) is 0 Å². The molecule has 0 aliphatic heterocycles. The molecule has 0 saturated heterocycles. The van der Waals surface area contributed by atoms with Gasteiger partial charge in [0, 0.05) is 10.6 Å². The summed E-state index contributed by atoms with van der Waals surface area (Å²) in [7, 11) is -1.56. The number of sulfonamides is 1. The van der Waals surface area contributed by atoms with Crippen LogP contribution in [0.5, 0.6) is 0 Å². The third-order valence-corrected chi connectivity index (χ3v) is 4.83. The van der Waals surface area contributed by atoms with E-state index in [2.05, 4.69) is 28.7 Å². The van der Waals surface area contributed by atoms with Gasteiger partial charge >= 0.3 is 0 Å². The maximum Gasteiger partial charge on any atom is 0.232 e. The predicted molar refractivity (Wildman–Crippen MR) is 69.8 cm³/mol. The average molecular weight is 337 g/mol. The summed E-state index contributed by atoms with van der Waals surface area (Å²) >= 11 is 2.19. The van der Waals surface area contributed by atoms with Gasteiger partial charge in [-0.3, -0.25) is 4.31 Å². The minimum absolute atomic E-state index is 0.788. The molecule has 0 bridgehead atoms. The summed E-state index contributed by atoms with van der Waals surface area (Å²) in [6, 6.07) is 4.07. The predicted octanol–water partition coefficient (Wildman–Crippen LogP) is 1.79. The minimum Gasteiger partial charge on any atom is -0.272 e. The van der Waals surface area contributed by atoms with Crippen LogP contribution in [0, 0.1) is 3.57 Å². The van der Waals surface area contributed by atoms with Crippen LogP contribution in [0.1, 0.15) is 11.1 Å². The molecule has 1 aromatic carbocycles. The van der Waals surface area contributed by atoms with Crippen molar-refractivity contribution in [3.63, 3.8) is 0 Å². The van der Waals surface area contributed by atoms with Crippen molar-refractivity contribution < 1.29 is 8.42 Å². The molecule has 0 saturated carbocycles. The normalized spacial score (nSPS) is 14.3. The van der Waals surface area contributed by atoms with Gasteiger partial charge in [0.15, 0.2) is 0 Å². The second kappa shape index (κ2) is 3.62. The van der Waals surface area contributed by atoms with Crippen molar-refractivity contribution in [1.29, 1.82) is 0 Å². The van der Waals surface area contributed by atoms with Crippen LogP contribution in [0.4, 0.5) is 5.69 Å². The van der Waals surface area contributed by atoms with Gasteiger partial charge in [-0.2, -0.15) is 0 Å². The largest absolute Gasteiger partial charge is 0.272 e. The van der Waals surface area contributed by atoms with E-state index in [9.17, 15) is 8.42 Å². The summed E-state index contributed by atoms with van der Waals surface area (Å²) in [5.41, 5.74) is 3.42. The lowest BCUT2D eigenvalue weighted by Crippen LogP contribution is -2.26. The lowest BCUT2D eigenvalue weighted by molar-refractivity contribution is 0.600. The van der Waals surface area contributed by atoms with Crippen LogP contribution in [0.2, 0.25) is 0 Å². The van der Waals surface area contributed by atoms with Crippen LogP contribution in [0.3, 0.4) is 0 Å². The minimum atomic E-state index is -3.16. The van der Waals surface area contributed by atoms with E-state index in [-0.39, 0.29) is 0 Å². The zero-order chi connectivity index (χ0) is 11.2. The molecule has 0 N–H and O–H groups in total. The van der Waals surface area contributed by atoms with Gasteiger partial charge in [0.2, 0.25) is 10.0 Å². The number of hydrogen-bond donors (Lipinski definition) is 0. The number of benzene rings is 1. The van der Waals surface area contributed by atoms with Crippen molar-refractivity contribution in [2.75, 3.05) is 17.6 Å². The maximum absolute atomic E-state index is 11.4. The van der Waals surface area contributed by atoms with Gasteiger partial charge in [-0.1, -0.05) is 0 Å². The van der Waals surface area contributed by atoms with Crippen molar-refractivity contribution in [2.45, 2.75) is 12.8 Å². The van der Waals surface area contributed by atoms with Gasteiger partial charge < -0.3 is 0 Å². The Morgan fingerprint density at radius 1 is 1.27 bits per heavy atom. The first-order valence-electron chi connectivity index (χ1n) is 4.65. The molecule has 5 heteroatoms. The first kappa shape index (κ1) is 11.2. The van der Waals surface area contributed by atoms with Crippen LogP contribution in [-0.4, -0.2) is 21.7 Å². The lowest BCUT2D eigenvalue weighted by Gasteiger charge is -2.25. The van der Waals surface area contributed by atoms with Crippen molar-refractivity contribution in [3.05, 3.63) is 26.8 Å². The monoisotopic (exact) mass is 337 g/mol. The van der Waals surface area contributed by atoms with Gasteiger partial charge in [-0.05, 0) is 58.7 Å². The van der Waals surface area contributed by atoms with Crippen molar-refractivity contribution in [1.82, 2.24) is 0 Å². The second-order valence-corrected chi connectivity index (χ2v) is 6.98. The fraction of sp³-hybridized carbons (Fsp3) is 0.400. The van der Waals surface area contributed by atoms with Gasteiger partial charge in [-0.25, -0.2) is 8.42 Å². The zero-order valence-corrected chi connectivity index (χ0v) is 11.6. The summed E-state index contributed by atoms with van der Waals surface area (Å²) in [6.45, 7) is 0. The van der Waals surface area contributed by atoms with Crippen molar-refractivity contribution >= 4 is 38.3 Å². The van der Waals surface area contributed by atoms with E-state index >= 15 is 0 Å². The van der Waals surface area contributed by atoms with E-state index in [0.29, 0.717) is 0 Å². The first-order valence-corrected chi connectivity index (χ1v) is 7.57. The molecule has 0 fully saturated rings. The average Bonchev–Trinajstić information content (AvgIpc) is 2.09. The number of aryl methyl sites for hydroxylation is 2. The molecule has 3 nitrogen and oxygen atoms in total. The number of hydrogen-bond acceptors (Lipinski definition) is 2. The molecule has 0 heterocycles. The fourth-order valence-electron chi connectivity index (χ4n) is 1.62. The first-order chi connectivity index (χ1) is 6.89. The fourth-order valence-corrected chi connectivity index (χ4v) is 3.19. The number of rotatable bonds is 2. The smallest absolute Gasteiger partial charge is 0.232 e. The number of fused-ring (bicyclic) bond motifs is 1. The molecular weight excluding hydrogens is 325 g/mol. The van der Waals surface area contributed by atoms with Gasteiger partial charge in [0.1, 0.15) is 0 Å². The highest BCUT2D eigenvalue weighted by molar-refractivity contribution is 14.1. The quantitative estimate of drug-likeness (QED) is 0.772. The molecule has 1 aromatic rings. The van der Waals surface area contributed by atoms with Crippen LogP contribution in [-0.2, 0) is 22.9 Å². The molecule has 15 heavy (non-hydrogen) atoms. The number of anilines is 1. The van der Waals surface area contributed by atoms with Crippen LogP contribution < -0.4 is 4.31 Å². The maximum atomic E-state index is 11.4. The summed E-state index contributed by atoms with van der Waals surface area (Å²) < 4.78 is 25.2. The Bertz CT molecular complexity index is 510. The van der Waals surface area contributed by atoms with Gasteiger partial charge in [0.25, 0.3) is 0 Å². The summed E-state index contributed by atoms with van der Waals surface area (Å²) in [5, 5.41) is 0. The molecule has 0 spiro atoms. The lowest BCUT2D eigenvalue weighted by atomic mass is 9.88. The van der Waals surface area contributed by atoms with E-state index in [4.69, 9.17) is 0 Å². The Morgan fingerprint density at radius 3 is 2.27 bits per heavy atom. The van der Waals surface area contributed by atoms with E-state index in [0.717, 1.165) is 22.1 Å². The molecule has 0 amide bonds. The van der Waals surface area contributed by atoms with Crippen LogP contribution in [0.15, 0.2) is 12.1 Å². The molecule has 82 valence electrons. The van der Waals surface area contributed by atoms with Crippen molar-refractivity contribution in [3.8, 4) is 0 Å². The highest BCUT2D eigenvalue weighted by atomic mass is 127. The van der Waals surface area contributed by atoms with Gasteiger partial charge in [-0.15, -0.1) is 0 Å². The summed E-state index contributed by atoms with van der Waals surface area (Å²) in [4.78, 5) is 0.